The zero-order valence-electron chi connectivity index (χ0n) is 15.7. The number of aliphatic hydroxyl groups is 1. The third-order valence-corrected chi connectivity index (χ3v) is 5.11. The van der Waals surface area contributed by atoms with Gasteiger partial charge in [0.1, 0.15) is 0 Å². The minimum absolute atomic E-state index is 0.0179. The van der Waals surface area contributed by atoms with Crippen LogP contribution in [0.2, 0.25) is 0 Å². The molecule has 4 nitrogen and oxygen atoms in total. The molecule has 1 aliphatic heterocycles. The van der Waals surface area contributed by atoms with Crippen LogP contribution in [0.25, 0.3) is 0 Å². The van der Waals surface area contributed by atoms with E-state index in [0.29, 0.717) is 19.6 Å². The Hall–Kier alpha value is -0.940. The van der Waals surface area contributed by atoms with E-state index in [4.69, 9.17) is 14.2 Å². The molecule has 0 unspecified atom stereocenters. The van der Waals surface area contributed by atoms with E-state index < -0.39 is 5.79 Å². The van der Waals surface area contributed by atoms with Gasteiger partial charge in [-0.1, -0.05) is 36.8 Å². The molecular weight excluding hydrogens is 316 g/mol. The summed E-state index contributed by atoms with van der Waals surface area (Å²) in [5, 5.41) is 11.1. The molecule has 0 aromatic heterocycles. The molecule has 25 heavy (non-hydrogen) atoms. The Balaban J connectivity index is 1.62. The summed E-state index contributed by atoms with van der Waals surface area (Å²) in [6, 6.07) is 10.1. The van der Waals surface area contributed by atoms with Gasteiger partial charge >= 0.3 is 0 Å². The molecule has 0 spiro atoms. The van der Waals surface area contributed by atoms with Gasteiger partial charge in [-0.05, 0) is 39.2 Å². The minimum atomic E-state index is -1.06. The highest BCUT2D eigenvalue weighted by atomic mass is 16.6. The fourth-order valence-corrected chi connectivity index (χ4v) is 4.11. The Bertz CT molecular complexity index is 539. The van der Waals surface area contributed by atoms with E-state index in [1.165, 1.54) is 0 Å². The summed E-state index contributed by atoms with van der Waals surface area (Å²) in [5.41, 5.74) is 0.922. The molecule has 0 bridgehead atoms. The van der Waals surface area contributed by atoms with Gasteiger partial charge in [-0.2, -0.15) is 0 Å². The number of rotatable bonds is 5. The molecule has 1 aromatic rings. The van der Waals surface area contributed by atoms with Crippen molar-refractivity contribution in [3.8, 4) is 0 Å². The van der Waals surface area contributed by atoms with Gasteiger partial charge in [-0.25, -0.2) is 0 Å². The third kappa shape index (κ3) is 5.04. The van der Waals surface area contributed by atoms with E-state index >= 15 is 0 Å². The van der Waals surface area contributed by atoms with Gasteiger partial charge in [0.2, 0.25) is 0 Å². The quantitative estimate of drug-likeness (QED) is 0.872. The van der Waals surface area contributed by atoms with Gasteiger partial charge < -0.3 is 19.3 Å². The fourth-order valence-electron chi connectivity index (χ4n) is 4.11. The van der Waals surface area contributed by atoms with Crippen molar-refractivity contribution in [2.45, 2.75) is 83.1 Å². The summed E-state index contributed by atoms with van der Waals surface area (Å²) in [5.74, 6) is -1.00. The van der Waals surface area contributed by atoms with Crippen molar-refractivity contribution in [1.82, 2.24) is 0 Å². The Kier molecular flexibility index (Phi) is 5.84. The molecule has 1 N–H and O–H groups in total. The van der Waals surface area contributed by atoms with E-state index in [0.717, 1.165) is 31.2 Å². The lowest BCUT2D eigenvalue weighted by Crippen LogP contribution is -2.58. The van der Waals surface area contributed by atoms with E-state index in [9.17, 15) is 5.11 Å². The summed E-state index contributed by atoms with van der Waals surface area (Å²) >= 11 is 0. The second-order valence-corrected chi connectivity index (χ2v) is 8.44. The Labute approximate surface area is 151 Å². The van der Waals surface area contributed by atoms with Crippen molar-refractivity contribution in [1.29, 1.82) is 0 Å². The van der Waals surface area contributed by atoms with E-state index in [-0.39, 0.29) is 23.7 Å². The number of fused-ring (bicyclic) bond motifs is 1. The van der Waals surface area contributed by atoms with E-state index in [1.54, 1.807) is 0 Å². The van der Waals surface area contributed by atoms with Crippen molar-refractivity contribution < 1.29 is 19.3 Å². The van der Waals surface area contributed by atoms with E-state index in [2.05, 4.69) is 32.9 Å². The summed E-state index contributed by atoms with van der Waals surface area (Å²) < 4.78 is 18.3. The van der Waals surface area contributed by atoms with E-state index in [1.807, 2.05) is 18.2 Å². The lowest BCUT2D eigenvalue weighted by atomic mass is 9.76. The van der Waals surface area contributed by atoms with Crippen LogP contribution in [0.4, 0.5) is 0 Å². The number of hydrogen-bond donors (Lipinski definition) is 1. The largest absolute Gasteiger partial charge is 0.374 e. The van der Waals surface area contributed by atoms with Crippen LogP contribution < -0.4 is 0 Å². The molecule has 2 fully saturated rings. The topological polar surface area (TPSA) is 47.9 Å². The Morgan fingerprint density at radius 3 is 2.68 bits per heavy atom. The molecule has 2 aliphatic rings. The van der Waals surface area contributed by atoms with Gasteiger partial charge in [0.15, 0.2) is 5.79 Å². The second kappa shape index (κ2) is 7.75. The minimum Gasteiger partial charge on any atom is -0.374 e. The highest BCUT2D eigenvalue weighted by molar-refractivity contribution is 5.13. The smallest absolute Gasteiger partial charge is 0.171 e. The molecular formula is C21H32O4. The van der Waals surface area contributed by atoms with Crippen molar-refractivity contribution in [2.24, 2.45) is 5.92 Å². The standard InChI is InChI=1S/C21H32O4/c1-20(2,3)25-19-13-17(15-23-14-16-9-5-4-6-10-16)24-21(22)12-8-7-11-18(19)21/h4-6,9-10,17-19,22H,7-8,11-15H2,1-3H3/t17-,18+,19+,21-/m1/s1. The molecule has 1 heterocycles. The third-order valence-electron chi connectivity index (χ3n) is 5.11. The van der Waals surface area contributed by atoms with Gasteiger partial charge in [0.25, 0.3) is 0 Å². The van der Waals surface area contributed by atoms with Crippen molar-refractivity contribution in [3.63, 3.8) is 0 Å². The molecule has 0 amide bonds. The number of hydrogen-bond acceptors (Lipinski definition) is 4. The van der Waals surface area contributed by atoms with Gasteiger partial charge in [-0.3, -0.25) is 0 Å². The van der Waals surface area contributed by atoms with Crippen LogP contribution in [-0.4, -0.2) is 35.3 Å². The molecule has 4 atom stereocenters. The van der Waals surface area contributed by atoms with Crippen LogP contribution >= 0.6 is 0 Å². The molecule has 1 aromatic carbocycles. The monoisotopic (exact) mass is 348 g/mol. The van der Waals surface area contributed by atoms with Crippen molar-refractivity contribution in [3.05, 3.63) is 35.9 Å². The molecule has 0 radical (unpaired) electrons. The summed E-state index contributed by atoms with van der Waals surface area (Å²) in [6.45, 7) is 7.27. The van der Waals surface area contributed by atoms with Gasteiger partial charge in [-0.15, -0.1) is 0 Å². The van der Waals surface area contributed by atoms with Gasteiger partial charge in [0.05, 0.1) is 31.0 Å². The summed E-state index contributed by atoms with van der Waals surface area (Å²) in [6.07, 6.45) is 4.47. The fraction of sp³-hybridized carbons (Fsp3) is 0.714. The summed E-state index contributed by atoms with van der Waals surface area (Å²) in [4.78, 5) is 0. The first-order valence-corrected chi connectivity index (χ1v) is 9.55. The predicted octanol–water partition coefficient (Wildman–Crippen LogP) is 4.05. The highest BCUT2D eigenvalue weighted by Crippen LogP contribution is 2.44. The lowest BCUT2D eigenvalue weighted by molar-refractivity contribution is -0.333. The van der Waals surface area contributed by atoms with Crippen LogP contribution in [0, 0.1) is 5.92 Å². The first-order chi connectivity index (χ1) is 11.9. The maximum Gasteiger partial charge on any atom is 0.171 e. The van der Waals surface area contributed by atoms with Crippen LogP contribution in [0.5, 0.6) is 0 Å². The van der Waals surface area contributed by atoms with Crippen LogP contribution in [0.3, 0.4) is 0 Å². The molecule has 1 saturated heterocycles. The first-order valence-electron chi connectivity index (χ1n) is 9.55. The predicted molar refractivity (Wildman–Crippen MR) is 97.1 cm³/mol. The molecule has 3 rings (SSSR count). The average molecular weight is 348 g/mol. The zero-order chi connectivity index (χ0) is 17.9. The molecule has 4 heteroatoms. The SMILES string of the molecule is CC(C)(C)O[C@H]1C[C@H](COCc2ccccc2)O[C@]2(O)CCCC[C@@H]12. The molecule has 140 valence electrons. The second-order valence-electron chi connectivity index (χ2n) is 8.44. The zero-order valence-corrected chi connectivity index (χ0v) is 15.7. The lowest BCUT2D eigenvalue weighted by Gasteiger charge is -2.50. The van der Waals surface area contributed by atoms with Crippen LogP contribution in [0.15, 0.2) is 30.3 Å². The number of ether oxygens (including phenoxy) is 3. The van der Waals surface area contributed by atoms with Crippen LogP contribution in [0.1, 0.15) is 58.4 Å². The van der Waals surface area contributed by atoms with Crippen molar-refractivity contribution >= 4 is 0 Å². The first kappa shape index (κ1) is 18.8. The Morgan fingerprint density at radius 2 is 1.96 bits per heavy atom. The average Bonchev–Trinajstić information content (AvgIpc) is 2.54. The normalized spacial score (nSPS) is 33.0. The highest BCUT2D eigenvalue weighted by Gasteiger charge is 2.51. The Morgan fingerprint density at radius 1 is 1.20 bits per heavy atom. The molecule has 1 saturated carbocycles. The van der Waals surface area contributed by atoms with Crippen molar-refractivity contribution in [2.75, 3.05) is 6.61 Å². The molecule has 1 aliphatic carbocycles. The van der Waals surface area contributed by atoms with Gasteiger partial charge in [0, 0.05) is 18.8 Å². The maximum absolute atomic E-state index is 11.1. The van der Waals surface area contributed by atoms with Crippen LogP contribution in [-0.2, 0) is 20.8 Å². The summed E-state index contributed by atoms with van der Waals surface area (Å²) in [7, 11) is 0. The number of benzene rings is 1. The maximum atomic E-state index is 11.1.